The van der Waals surface area contributed by atoms with Crippen LogP contribution in [0.4, 0.5) is 9.52 Å². The van der Waals surface area contributed by atoms with Gasteiger partial charge in [0.2, 0.25) is 5.91 Å². The van der Waals surface area contributed by atoms with Crippen molar-refractivity contribution in [2.75, 3.05) is 5.32 Å². The highest BCUT2D eigenvalue weighted by atomic mass is 32.1. The molecular formula is C10H9FN2OS. The molecule has 0 unspecified atom stereocenters. The second kappa shape index (κ2) is 3.94. The lowest BCUT2D eigenvalue weighted by Crippen LogP contribution is -2.08. The number of amides is 1. The molecule has 3 nitrogen and oxygen atoms in total. The summed E-state index contributed by atoms with van der Waals surface area (Å²) in [6, 6.07) is 4.37. The second-order valence-corrected chi connectivity index (χ2v) is 4.06. The summed E-state index contributed by atoms with van der Waals surface area (Å²) < 4.78 is 13.6. The number of aromatic nitrogens is 1. The van der Waals surface area contributed by atoms with E-state index >= 15 is 0 Å². The van der Waals surface area contributed by atoms with Gasteiger partial charge < -0.3 is 5.32 Å². The van der Waals surface area contributed by atoms with Crippen LogP contribution in [0.5, 0.6) is 0 Å². The van der Waals surface area contributed by atoms with Crippen molar-refractivity contribution in [3.63, 3.8) is 0 Å². The fourth-order valence-electron chi connectivity index (χ4n) is 1.16. The van der Waals surface area contributed by atoms with Crippen LogP contribution in [0.3, 0.4) is 0 Å². The molecule has 0 aliphatic heterocycles. The van der Waals surface area contributed by atoms with Crippen LogP contribution >= 0.6 is 11.3 Å². The van der Waals surface area contributed by atoms with Gasteiger partial charge in [0.1, 0.15) is 5.82 Å². The number of hydrogen-bond donors (Lipinski definition) is 1. The summed E-state index contributed by atoms with van der Waals surface area (Å²) in [5, 5.41) is 3.16. The Bertz CT molecular complexity index is 509. The molecule has 1 heterocycles. The Balaban J connectivity index is 2.34. The maximum absolute atomic E-state index is 12.9. The number of nitrogens with zero attached hydrogens (tertiary/aromatic N) is 1. The Hall–Kier alpha value is -1.49. The SMILES string of the molecule is CCC(=O)Nc1nc2ccc(F)cc2s1. The predicted octanol–water partition coefficient (Wildman–Crippen LogP) is 2.78. The van der Waals surface area contributed by atoms with Crippen LogP contribution in [-0.4, -0.2) is 10.9 Å². The van der Waals surface area contributed by atoms with Crippen molar-refractivity contribution in [3.8, 4) is 0 Å². The third kappa shape index (κ3) is 2.12. The number of carbonyl (C=O) groups excluding carboxylic acids is 1. The highest BCUT2D eigenvalue weighted by molar-refractivity contribution is 7.22. The number of carbonyl (C=O) groups is 1. The monoisotopic (exact) mass is 224 g/mol. The summed E-state index contributed by atoms with van der Waals surface area (Å²) >= 11 is 1.27. The molecule has 0 atom stereocenters. The number of nitrogens with one attached hydrogen (secondary N) is 1. The number of rotatable bonds is 2. The first-order chi connectivity index (χ1) is 7.19. The highest BCUT2D eigenvalue weighted by Crippen LogP contribution is 2.26. The minimum absolute atomic E-state index is 0.0884. The molecular weight excluding hydrogens is 215 g/mol. The maximum Gasteiger partial charge on any atom is 0.225 e. The van der Waals surface area contributed by atoms with Crippen molar-refractivity contribution in [1.82, 2.24) is 4.98 Å². The lowest BCUT2D eigenvalue weighted by molar-refractivity contribution is -0.115. The number of thiazole rings is 1. The minimum Gasteiger partial charge on any atom is -0.302 e. The zero-order valence-electron chi connectivity index (χ0n) is 8.08. The highest BCUT2D eigenvalue weighted by Gasteiger charge is 2.06. The number of benzene rings is 1. The van der Waals surface area contributed by atoms with Gasteiger partial charge in [-0.1, -0.05) is 18.3 Å². The molecule has 1 aromatic carbocycles. The van der Waals surface area contributed by atoms with Gasteiger partial charge in [-0.25, -0.2) is 9.37 Å². The van der Waals surface area contributed by atoms with E-state index in [2.05, 4.69) is 10.3 Å². The van der Waals surface area contributed by atoms with Gasteiger partial charge in [-0.05, 0) is 18.2 Å². The standard InChI is InChI=1S/C10H9FN2OS/c1-2-9(14)13-10-12-7-4-3-6(11)5-8(7)15-10/h3-5H,2H2,1H3,(H,12,13,14). The summed E-state index contributed by atoms with van der Waals surface area (Å²) in [6.45, 7) is 1.77. The van der Waals surface area contributed by atoms with Gasteiger partial charge in [-0.2, -0.15) is 0 Å². The molecule has 0 saturated carbocycles. The Morgan fingerprint density at radius 1 is 1.60 bits per heavy atom. The van der Waals surface area contributed by atoms with Crippen LogP contribution in [0.25, 0.3) is 10.2 Å². The van der Waals surface area contributed by atoms with E-state index in [-0.39, 0.29) is 11.7 Å². The van der Waals surface area contributed by atoms with Crippen LogP contribution < -0.4 is 5.32 Å². The van der Waals surface area contributed by atoms with Crippen molar-refractivity contribution in [3.05, 3.63) is 24.0 Å². The Labute approximate surface area is 89.9 Å². The molecule has 5 heteroatoms. The van der Waals surface area contributed by atoms with Crippen molar-refractivity contribution in [1.29, 1.82) is 0 Å². The van der Waals surface area contributed by atoms with Gasteiger partial charge in [-0.3, -0.25) is 4.79 Å². The van der Waals surface area contributed by atoms with Gasteiger partial charge in [0.25, 0.3) is 0 Å². The van der Waals surface area contributed by atoms with Crippen LogP contribution in [0, 0.1) is 5.82 Å². The Morgan fingerprint density at radius 3 is 3.13 bits per heavy atom. The first-order valence-corrected chi connectivity index (χ1v) is 5.36. The van der Waals surface area contributed by atoms with E-state index in [0.717, 1.165) is 4.70 Å². The Morgan fingerprint density at radius 2 is 2.40 bits per heavy atom. The van der Waals surface area contributed by atoms with Gasteiger partial charge in [-0.15, -0.1) is 0 Å². The normalized spacial score (nSPS) is 10.5. The maximum atomic E-state index is 12.9. The van der Waals surface area contributed by atoms with Gasteiger partial charge in [0, 0.05) is 6.42 Å². The number of hydrogen-bond acceptors (Lipinski definition) is 3. The second-order valence-electron chi connectivity index (χ2n) is 3.03. The molecule has 15 heavy (non-hydrogen) atoms. The van der Waals surface area contributed by atoms with Gasteiger partial charge >= 0.3 is 0 Å². The van der Waals surface area contributed by atoms with Crippen LogP contribution in [0.1, 0.15) is 13.3 Å². The molecule has 1 amide bonds. The smallest absolute Gasteiger partial charge is 0.225 e. The summed E-state index contributed by atoms with van der Waals surface area (Å²) in [5.74, 6) is -0.381. The molecule has 1 N–H and O–H groups in total. The minimum atomic E-state index is -0.292. The summed E-state index contributed by atoms with van der Waals surface area (Å²) in [6.07, 6.45) is 0.407. The van der Waals surface area contributed by atoms with Crippen LogP contribution in [0.2, 0.25) is 0 Å². The van der Waals surface area contributed by atoms with Crippen molar-refractivity contribution in [2.24, 2.45) is 0 Å². The first kappa shape index (κ1) is 10.0. The summed E-state index contributed by atoms with van der Waals surface area (Å²) in [4.78, 5) is 15.3. The lowest BCUT2D eigenvalue weighted by atomic mass is 10.3. The third-order valence-electron chi connectivity index (χ3n) is 1.92. The summed E-state index contributed by atoms with van der Waals surface area (Å²) in [7, 11) is 0. The van der Waals surface area contributed by atoms with E-state index in [0.29, 0.717) is 17.1 Å². The summed E-state index contributed by atoms with van der Waals surface area (Å²) in [5.41, 5.74) is 0.702. The Kier molecular flexibility index (Phi) is 2.64. The van der Waals surface area contributed by atoms with E-state index in [9.17, 15) is 9.18 Å². The number of anilines is 1. The predicted molar refractivity (Wildman–Crippen MR) is 58.5 cm³/mol. The van der Waals surface area contributed by atoms with E-state index in [1.165, 1.54) is 23.5 Å². The largest absolute Gasteiger partial charge is 0.302 e. The fraction of sp³-hybridized carbons (Fsp3) is 0.200. The van der Waals surface area contributed by atoms with Crippen molar-refractivity contribution in [2.45, 2.75) is 13.3 Å². The molecule has 0 fully saturated rings. The fourth-order valence-corrected chi connectivity index (χ4v) is 2.07. The van der Waals surface area contributed by atoms with Crippen LogP contribution in [0.15, 0.2) is 18.2 Å². The average Bonchev–Trinajstić information content (AvgIpc) is 2.59. The topological polar surface area (TPSA) is 42.0 Å². The molecule has 2 rings (SSSR count). The average molecular weight is 224 g/mol. The molecule has 0 aliphatic rings. The molecule has 0 aliphatic carbocycles. The molecule has 2 aromatic rings. The molecule has 0 saturated heterocycles. The molecule has 0 bridgehead atoms. The third-order valence-corrected chi connectivity index (χ3v) is 2.85. The molecule has 0 radical (unpaired) electrons. The van der Waals surface area contributed by atoms with Crippen molar-refractivity contribution < 1.29 is 9.18 Å². The lowest BCUT2D eigenvalue weighted by Gasteiger charge is -1.95. The van der Waals surface area contributed by atoms with Crippen LogP contribution in [-0.2, 0) is 4.79 Å². The van der Waals surface area contributed by atoms with Gasteiger partial charge in [0.05, 0.1) is 10.2 Å². The van der Waals surface area contributed by atoms with E-state index in [4.69, 9.17) is 0 Å². The molecule has 0 spiro atoms. The van der Waals surface area contributed by atoms with E-state index in [1.54, 1.807) is 13.0 Å². The quantitative estimate of drug-likeness (QED) is 0.852. The van der Waals surface area contributed by atoms with E-state index in [1.807, 2.05) is 0 Å². The van der Waals surface area contributed by atoms with Gasteiger partial charge in [0.15, 0.2) is 5.13 Å². The van der Waals surface area contributed by atoms with Crippen molar-refractivity contribution >= 4 is 32.6 Å². The first-order valence-electron chi connectivity index (χ1n) is 4.55. The molecule has 78 valence electrons. The zero-order chi connectivity index (χ0) is 10.8. The number of fused-ring (bicyclic) bond motifs is 1. The van der Waals surface area contributed by atoms with E-state index < -0.39 is 0 Å². The zero-order valence-corrected chi connectivity index (χ0v) is 8.90. The number of halogens is 1. The molecule has 1 aromatic heterocycles.